The first-order valence-corrected chi connectivity index (χ1v) is 6.37. The van der Waals surface area contributed by atoms with Gasteiger partial charge in [-0.25, -0.2) is 0 Å². The fourth-order valence-electron chi connectivity index (χ4n) is 1.60. The average Bonchev–Trinajstić information content (AvgIpc) is 2.43. The Labute approximate surface area is 94.0 Å². The van der Waals surface area contributed by atoms with E-state index in [0.717, 1.165) is 0 Å². The van der Waals surface area contributed by atoms with E-state index in [0.29, 0.717) is 17.3 Å². The monoisotopic (exact) mass is 246 g/mol. The Morgan fingerprint density at radius 1 is 1.40 bits per heavy atom. The summed E-state index contributed by atoms with van der Waals surface area (Å²) in [6, 6.07) is 6.68. The molecule has 1 fully saturated rings. The van der Waals surface area contributed by atoms with E-state index in [9.17, 15) is 8.42 Å². The molecule has 0 aliphatic carbocycles. The minimum absolute atomic E-state index is 0.0730. The van der Waals surface area contributed by atoms with E-state index < -0.39 is 10.2 Å². The second-order valence-corrected chi connectivity index (χ2v) is 5.54. The van der Waals surface area contributed by atoms with Crippen LogP contribution in [-0.4, -0.2) is 21.0 Å². The van der Waals surface area contributed by atoms with Gasteiger partial charge < -0.3 is 0 Å². The molecule has 1 aromatic rings. The molecular formula is C9H11ClN2O2S. The maximum atomic E-state index is 11.6. The smallest absolute Gasteiger partial charge is 0.254 e. The average molecular weight is 247 g/mol. The lowest BCUT2D eigenvalue weighted by Crippen LogP contribution is -2.33. The van der Waals surface area contributed by atoms with E-state index in [1.54, 1.807) is 24.3 Å². The number of halogens is 1. The van der Waals surface area contributed by atoms with Crippen molar-refractivity contribution in [2.24, 2.45) is 0 Å². The van der Waals surface area contributed by atoms with Crippen molar-refractivity contribution >= 4 is 27.5 Å². The molecule has 0 spiro atoms. The summed E-state index contributed by atoms with van der Waals surface area (Å²) in [5.41, 5.74) is 0.636. The van der Waals surface area contributed by atoms with E-state index >= 15 is 0 Å². The maximum Gasteiger partial charge on any atom is 0.301 e. The highest BCUT2D eigenvalue weighted by atomic mass is 35.5. The van der Waals surface area contributed by atoms with E-state index in [2.05, 4.69) is 4.72 Å². The van der Waals surface area contributed by atoms with E-state index in [1.807, 2.05) is 6.92 Å². The summed E-state index contributed by atoms with van der Waals surface area (Å²) in [5, 5.41) is 0.593. The first-order valence-electron chi connectivity index (χ1n) is 4.55. The molecular weight excluding hydrogens is 236 g/mol. The predicted molar refractivity (Wildman–Crippen MR) is 60.3 cm³/mol. The molecule has 0 bridgehead atoms. The standard InChI is InChI=1S/C9H11ClN2O2S/c1-7-6-11-15(13,14)12(7)9-4-2-8(10)3-5-9/h2-5,7,11H,6H2,1H3. The number of rotatable bonds is 1. The Hall–Kier alpha value is -0.780. The van der Waals surface area contributed by atoms with Crippen molar-refractivity contribution in [3.8, 4) is 0 Å². The van der Waals surface area contributed by atoms with Crippen molar-refractivity contribution in [3.63, 3.8) is 0 Å². The van der Waals surface area contributed by atoms with Crippen molar-refractivity contribution < 1.29 is 8.42 Å². The second-order valence-electron chi connectivity index (χ2n) is 3.47. The molecule has 1 atom stereocenters. The molecule has 0 amide bonds. The number of hydrogen-bond acceptors (Lipinski definition) is 2. The summed E-state index contributed by atoms with van der Waals surface area (Å²) in [6.07, 6.45) is 0. The van der Waals surface area contributed by atoms with Gasteiger partial charge >= 0.3 is 10.2 Å². The van der Waals surface area contributed by atoms with Crippen LogP contribution in [0.15, 0.2) is 24.3 Å². The van der Waals surface area contributed by atoms with Crippen LogP contribution in [0.4, 0.5) is 5.69 Å². The summed E-state index contributed by atoms with van der Waals surface area (Å²) >= 11 is 5.74. The van der Waals surface area contributed by atoms with Crippen LogP contribution >= 0.6 is 11.6 Å². The number of nitrogens with one attached hydrogen (secondary N) is 1. The SMILES string of the molecule is CC1CNS(=O)(=O)N1c1ccc(Cl)cc1. The van der Waals surface area contributed by atoms with Gasteiger partial charge in [0.1, 0.15) is 0 Å². The number of anilines is 1. The molecule has 1 aliphatic heterocycles. The Morgan fingerprint density at radius 3 is 2.47 bits per heavy atom. The third-order valence-electron chi connectivity index (χ3n) is 2.30. The van der Waals surface area contributed by atoms with Crippen LogP contribution in [0.5, 0.6) is 0 Å². The molecule has 0 aromatic heterocycles. The normalized spacial score (nSPS) is 24.4. The van der Waals surface area contributed by atoms with Crippen LogP contribution in [-0.2, 0) is 10.2 Å². The minimum Gasteiger partial charge on any atom is -0.254 e. The van der Waals surface area contributed by atoms with Gasteiger partial charge in [-0.3, -0.25) is 4.31 Å². The molecule has 82 valence electrons. The quantitative estimate of drug-likeness (QED) is 0.814. The topological polar surface area (TPSA) is 49.4 Å². The number of benzene rings is 1. The fourth-order valence-corrected chi connectivity index (χ4v) is 3.26. The van der Waals surface area contributed by atoms with Crippen LogP contribution in [0, 0.1) is 0 Å². The summed E-state index contributed by atoms with van der Waals surface area (Å²) in [5.74, 6) is 0. The van der Waals surface area contributed by atoms with Gasteiger partial charge in [-0.2, -0.15) is 13.1 Å². The van der Waals surface area contributed by atoms with Crippen molar-refractivity contribution in [1.29, 1.82) is 0 Å². The van der Waals surface area contributed by atoms with Crippen LogP contribution < -0.4 is 9.03 Å². The predicted octanol–water partition coefficient (Wildman–Crippen LogP) is 1.38. The van der Waals surface area contributed by atoms with Gasteiger partial charge in [-0.05, 0) is 31.2 Å². The molecule has 2 rings (SSSR count). The lowest BCUT2D eigenvalue weighted by Gasteiger charge is -2.20. The van der Waals surface area contributed by atoms with E-state index in [4.69, 9.17) is 11.6 Å². The Kier molecular flexibility index (Phi) is 2.62. The molecule has 1 unspecified atom stereocenters. The molecule has 6 heteroatoms. The largest absolute Gasteiger partial charge is 0.301 e. The second kappa shape index (κ2) is 3.66. The van der Waals surface area contributed by atoms with Gasteiger partial charge in [-0.1, -0.05) is 11.6 Å². The molecule has 1 heterocycles. The Bertz CT molecular complexity index is 458. The summed E-state index contributed by atoms with van der Waals surface area (Å²) in [6.45, 7) is 2.29. The number of nitrogens with zero attached hydrogens (tertiary/aromatic N) is 1. The lowest BCUT2D eigenvalue weighted by atomic mass is 10.2. The van der Waals surface area contributed by atoms with Crippen molar-refractivity contribution in [2.45, 2.75) is 13.0 Å². The van der Waals surface area contributed by atoms with Crippen LogP contribution in [0.25, 0.3) is 0 Å². The number of hydrogen-bond donors (Lipinski definition) is 1. The third-order valence-corrected chi connectivity index (χ3v) is 4.17. The molecule has 4 nitrogen and oxygen atoms in total. The van der Waals surface area contributed by atoms with Gasteiger partial charge in [-0.15, -0.1) is 0 Å². The summed E-state index contributed by atoms with van der Waals surface area (Å²) in [4.78, 5) is 0. The molecule has 1 saturated heterocycles. The highest BCUT2D eigenvalue weighted by Crippen LogP contribution is 2.25. The third kappa shape index (κ3) is 1.95. The van der Waals surface area contributed by atoms with E-state index in [1.165, 1.54) is 4.31 Å². The molecule has 0 saturated carbocycles. The highest BCUT2D eigenvalue weighted by Gasteiger charge is 2.33. The summed E-state index contributed by atoms with van der Waals surface area (Å²) in [7, 11) is -3.36. The maximum absolute atomic E-state index is 11.6. The van der Waals surface area contributed by atoms with Crippen molar-refractivity contribution in [2.75, 3.05) is 10.8 Å². The first-order chi connectivity index (χ1) is 7.00. The zero-order chi connectivity index (χ0) is 11.1. The molecule has 15 heavy (non-hydrogen) atoms. The molecule has 1 aliphatic rings. The van der Waals surface area contributed by atoms with Gasteiger partial charge in [0.25, 0.3) is 0 Å². The van der Waals surface area contributed by atoms with Crippen molar-refractivity contribution in [3.05, 3.63) is 29.3 Å². The first kappa shape index (κ1) is 10.7. The fraction of sp³-hybridized carbons (Fsp3) is 0.333. The van der Waals surface area contributed by atoms with Gasteiger partial charge in [0.05, 0.1) is 11.7 Å². The van der Waals surface area contributed by atoms with Gasteiger partial charge in [0.15, 0.2) is 0 Å². The summed E-state index contributed by atoms with van der Waals surface area (Å²) < 4.78 is 27.1. The zero-order valence-electron chi connectivity index (χ0n) is 8.14. The Balaban J connectivity index is 2.42. The van der Waals surface area contributed by atoms with Crippen LogP contribution in [0.2, 0.25) is 5.02 Å². The van der Waals surface area contributed by atoms with Crippen LogP contribution in [0.1, 0.15) is 6.92 Å². The van der Waals surface area contributed by atoms with Gasteiger partial charge in [0.2, 0.25) is 0 Å². The lowest BCUT2D eigenvalue weighted by molar-refractivity contribution is 0.591. The van der Waals surface area contributed by atoms with Gasteiger partial charge in [0, 0.05) is 11.6 Å². The zero-order valence-corrected chi connectivity index (χ0v) is 9.72. The minimum atomic E-state index is -3.36. The molecule has 1 N–H and O–H groups in total. The van der Waals surface area contributed by atoms with Crippen LogP contribution in [0.3, 0.4) is 0 Å². The van der Waals surface area contributed by atoms with Crippen molar-refractivity contribution in [1.82, 2.24) is 4.72 Å². The highest BCUT2D eigenvalue weighted by molar-refractivity contribution is 7.91. The Morgan fingerprint density at radius 2 is 2.00 bits per heavy atom. The molecule has 0 radical (unpaired) electrons. The molecule has 1 aromatic carbocycles. The van der Waals surface area contributed by atoms with E-state index in [-0.39, 0.29) is 6.04 Å².